The number of imide groups is 1. The number of methoxy groups -OCH3 is 1. The maximum Gasteiger partial charge on any atom is 0.414 e. The van der Waals surface area contributed by atoms with Crippen LogP contribution < -0.4 is 15.8 Å². The van der Waals surface area contributed by atoms with Gasteiger partial charge in [0.15, 0.2) is 6.10 Å². The third-order valence-electron chi connectivity index (χ3n) is 4.32. The van der Waals surface area contributed by atoms with E-state index in [1.807, 2.05) is 0 Å². The number of cyclic esters (lactones) is 1. The molecule has 1 heterocycles. The van der Waals surface area contributed by atoms with E-state index in [1.54, 1.807) is 30.3 Å². The van der Waals surface area contributed by atoms with E-state index in [4.69, 9.17) is 15.2 Å². The van der Waals surface area contributed by atoms with Crippen molar-refractivity contribution in [3.8, 4) is 11.5 Å². The minimum absolute atomic E-state index is 0.00675. The van der Waals surface area contributed by atoms with Crippen LogP contribution in [0.2, 0.25) is 0 Å². The monoisotopic (exact) mass is 402 g/mol. The van der Waals surface area contributed by atoms with Gasteiger partial charge in [-0.2, -0.15) is 0 Å². The van der Waals surface area contributed by atoms with E-state index in [9.17, 15) is 18.8 Å². The molecule has 0 aromatic heterocycles. The van der Waals surface area contributed by atoms with Crippen LogP contribution in [0.25, 0.3) is 0 Å². The average molecular weight is 402 g/mol. The van der Waals surface area contributed by atoms with Crippen molar-refractivity contribution in [2.45, 2.75) is 25.0 Å². The van der Waals surface area contributed by atoms with Crippen molar-refractivity contribution < 1.29 is 33.0 Å². The number of carbonyl (C=O) groups excluding carboxylic acids is 3. The number of nitrogens with one attached hydrogen (secondary N) is 1. The van der Waals surface area contributed by atoms with Gasteiger partial charge < -0.3 is 19.9 Å². The number of hydrogen-bond donors (Lipinski definition) is 2. The largest absolute Gasteiger partial charge is 0.468 e. The fourth-order valence-electron chi connectivity index (χ4n) is 2.80. The van der Waals surface area contributed by atoms with Gasteiger partial charge in [0, 0.05) is 18.9 Å². The molecule has 0 radical (unpaired) electrons. The van der Waals surface area contributed by atoms with Crippen molar-refractivity contribution in [1.29, 1.82) is 0 Å². The predicted molar refractivity (Wildman–Crippen MR) is 98.7 cm³/mol. The summed E-state index contributed by atoms with van der Waals surface area (Å²) >= 11 is 0. The molecule has 9 heteroatoms. The number of benzene rings is 2. The highest BCUT2D eigenvalue weighted by Crippen LogP contribution is 2.25. The van der Waals surface area contributed by atoms with Crippen LogP contribution in [0.15, 0.2) is 42.5 Å². The Bertz CT molecular complexity index is 931. The molecule has 3 N–H and O–H groups in total. The summed E-state index contributed by atoms with van der Waals surface area (Å²) in [6, 6.07) is 10.1. The zero-order chi connectivity index (χ0) is 21.0. The lowest BCUT2D eigenvalue weighted by Gasteiger charge is -2.12. The molecule has 2 atom stereocenters. The van der Waals surface area contributed by atoms with Crippen molar-refractivity contribution in [2.75, 3.05) is 7.11 Å². The van der Waals surface area contributed by atoms with E-state index in [1.165, 1.54) is 19.2 Å². The van der Waals surface area contributed by atoms with Gasteiger partial charge in [0.1, 0.15) is 23.4 Å². The molecule has 0 saturated carbocycles. The maximum atomic E-state index is 14.3. The molecule has 2 unspecified atom stereocenters. The Morgan fingerprint density at radius 3 is 2.48 bits per heavy atom. The summed E-state index contributed by atoms with van der Waals surface area (Å²) in [4.78, 5) is 33.9. The van der Waals surface area contributed by atoms with Crippen LogP contribution in [-0.2, 0) is 31.9 Å². The fraction of sp³-hybridized carbons (Fsp3) is 0.250. The van der Waals surface area contributed by atoms with Crippen LogP contribution in [0.1, 0.15) is 11.1 Å². The minimum atomic E-state index is -0.949. The summed E-state index contributed by atoms with van der Waals surface area (Å²) in [7, 11) is 1.22. The Labute approximate surface area is 165 Å². The van der Waals surface area contributed by atoms with Crippen molar-refractivity contribution in [3.63, 3.8) is 0 Å². The molecule has 152 valence electrons. The molecule has 1 aliphatic rings. The first kappa shape index (κ1) is 20.3. The Kier molecular flexibility index (Phi) is 6.08. The molecule has 1 aliphatic heterocycles. The van der Waals surface area contributed by atoms with E-state index in [0.29, 0.717) is 5.75 Å². The number of halogens is 1. The SMILES string of the molecule is COC(=O)C(N)Cc1ccc(Oc2ccc(CC3OC(=O)NC3=O)cc2)cc1F. The van der Waals surface area contributed by atoms with Crippen molar-refractivity contribution in [3.05, 3.63) is 59.4 Å². The van der Waals surface area contributed by atoms with Gasteiger partial charge in [0.2, 0.25) is 0 Å². The second-order valence-electron chi connectivity index (χ2n) is 6.42. The number of carbonyl (C=O) groups is 3. The molecule has 0 aliphatic carbocycles. The molecular weight excluding hydrogens is 383 g/mol. The second-order valence-corrected chi connectivity index (χ2v) is 6.42. The molecular formula is C20H19FN2O6. The summed E-state index contributed by atoms with van der Waals surface area (Å²) < 4.78 is 29.3. The maximum absolute atomic E-state index is 14.3. The fourth-order valence-corrected chi connectivity index (χ4v) is 2.80. The van der Waals surface area contributed by atoms with Crippen LogP contribution in [0, 0.1) is 5.82 Å². The number of nitrogens with two attached hydrogens (primary N) is 1. The highest BCUT2D eigenvalue weighted by atomic mass is 19.1. The van der Waals surface area contributed by atoms with E-state index >= 15 is 0 Å². The predicted octanol–water partition coefficient (Wildman–Crippen LogP) is 1.84. The molecule has 1 saturated heterocycles. The summed E-state index contributed by atoms with van der Waals surface area (Å²) in [5.74, 6) is -0.908. The van der Waals surface area contributed by atoms with E-state index in [2.05, 4.69) is 10.1 Å². The quantitative estimate of drug-likeness (QED) is 0.679. The lowest BCUT2D eigenvalue weighted by molar-refractivity contribution is -0.142. The third kappa shape index (κ3) is 5.08. The van der Waals surface area contributed by atoms with Crippen LogP contribution in [0.3, 0.4) is 0 Å². The second kappa shape index (κ2) is 8.70. The van der Waals surface area contributed by atoms with Crippen LogP contribution in [-0.4, -0.2) is 37.2 Å². The molecule has 0 bridgehead atoms. The Hall–Kier alpha value is -3.46. The van der Waals surface area contributed by atoms with Crippen LogP contribution >= 0.6 is 0 Å². The van der Waals surface area contributed by atoms with Gasteiger partial charge in [0.05, 0.1) is 7.11 Å². The van der Waals surface area contributed by atoms with Gasteiger partial charge in [-0.3, -0.25) is 14.9 Å². The first-order chi connectivity index (χ1) is 13.9. The number of esters is 1. The highest BCUT2D eigenvalue weighted by molar-refractivity contribution is 6.00. The number of ether oxygens (including phenoxy) is 3. The smallest absolute Gasteiger partial charge is 0.414 e. The molecule has 3 rings (SSSR count). The summed E-state index contributed by atoms with van der Waals surface area (Å²) in [5.41, 5.74) is 6.70. The highest BCUT2D eigenvalue weighted by Gasteiger charge is 2.32. The van der Waals surface area contributed by atoms with Gasteiger partial charge in [-0.15, -0.1) is 0 Å². The van der Waals surface area contributed by atoms with E-state index in [-0.39, 0.29) is 24.2 Å². The molecule has 2 aromatic carbocycles. The normalized spacial score (nSPS) is 16.7. The molecule has 8 nitrogen and oxygen atoms in total. The summed E-state index contributed by atoms with van der Waals surface area (Å²) in [6.07, 6.45) is -1.36. The van der Waals surface area contributed by atoms with Crippen molar-refractivity contribution in [2.24, 2.45) is 5.73 Å². The average Bonchev–Trinajstić information content (AvgIpc) is 3.01. The summed E-state index contributed by atoms with van der Waals surface area (Å²) in [6.45, 7) is 0. The lowest BCUT2D eigenvalue weighted by Crippen LogP contribution is -2.33. The zero-order valence-corrected chi connectivity index (χ0v) is 15.5. The van der Waals surface area contributed by atoms with E-state index in [0.717, 1.165) is 5.56 Å². The standard InChI is InChI=1S/C20H19FN2O6/c1-27-19(25)16(22)9-12-4-7-14(10-15(12)21)28-13-5-2-11(3-6-13)8-17-18(24)23-20(26)29-17/h2-7,10,16-17H,8-9,22H2,1H3,(H,23,24,26). The first-order valence-electron chi connectivity index (χ1n) is 8.76. The molecule has 1 fully saturated rings. The zero-order valence-electron chi connectivity index (χ0n) is 15.5. The van der Waals surface area contributed by atoms with Crippen molar-refractivity contribution in [1.82, 2.24) is 5.32 Å². The number of hydrogen-bond acceptors (Lipinski definition) is 7. The van der Waals surface area contributed by atoms with E-state index < -0.39 is 35.9 Å². The molecule has 29 heavy (non-hydrogen) atoms. The number of alkyl carbamates (subject to hydrolysis) is 1. The molecule has 2 aromatic rings. The molecule has 2 amide bonds. The van der Waals surface area contributed by atoms with Gasteiger partial charge in [-0.05, 0) is 29.3 Å². The van der Waals surface area contributed by atoms with Gasteiger partial charge in [0.25, 0.3) is 5.91 Å². The Morgan fingerprint density at radius 1 is 1.21 bits per heavy atom. The van der Waals surface area contributed by atoms with Gasteiger partial charge in [-0.25, -0.2) is 9.18 Å². The lowest BCUT2D eigenvalue weighted by atomic mass is 10.1. The number of amides is 2. The topological polar surface area (TPSA) is 117 Å². The summed E-state index contributed by atoms with van der Waals surface area (Å²) in [5, 5.41) is 2.07. The van der Waals surface area contributed by atoms with Gasteiger partial charge >= 0.3 is 12.1 Å². The third-order valence-corrected chi connectivity index (χ3v) is 4.32. The minimum Gasteiger partial charge on any atom is -0.468 e. The van der Waals surface area contributed by atoms with Gasteiger partial charge in [-0.1, -0.05) is 18.2 Å². The molecule has 0 spiro atoms. The Morgan fingerprint density at radius 2 is 1.90 bits per heavy atom. The number of rotatable bonds is 7. The van der Waals surface area contributed by atoms with Crippen molar-refractivity contribution >= 4 is 18.0 Å². The first-order valence-corrected chi connectivity index (χ1v) is 8.76. The van der Waals surface area contributed by atoms with Crippen LogP contribution in [0.4, 0.5) is 9.18 Å². The van der Waals surface area contributed by atoms with Crippen LogP contribution in [0.5, 0.6) is 11.5 Å². The Balaban J connectivity index is 1.61.